The number of sulfonamides is 1. The van der Waals surface area contributed by atoms with Crippen LogP contribution in [0.25, 0.3) is 0 Å². The van der Waals surface area contributed by atoms with Gasteiger partial charge in [0.15, 0.2) is 0 Å². The van der Waals surface area contributed by atoms with Gasteiger partial charge in [-0.2, -0.15) is 0 Å². The van der Waals surface area contributed by atoms with E-state index >= 15 is 0 Å². The fourth-order valence-electron chi connectivity index (χ4n) is 2.05. The molecule has 0 amide bonds. The van der Waals surface area contributed by atoms with Crippen molar-refractivity contribution in [3.8, 4) is 0 Å². The Labute approximate surface area is 119 Å². The summed E-state index contributed by atoms with van der Waals surface area (Å²) < 4.78 is 32.0. The summed E-state index contributed by atoms with van der Waals surface area (Å²) in [6.45, 7) is 3.07. The Hall–Kier alpha value is -1.15. The largest absolute Gasteiger partial charge is 0.379 e. The SMILES string of the molecule is O=S(=O)(NC1CC1)c1ccc(NN2CCOCC2)cc1. The van der Waals surface area contributed by atoms with Crippen LogP contribution in [-0.2, 0) is 14.8 Å². The van der Waals surface area contributed by atoms with Crippen molar-refractivity contribution in [2.75, 3.05) is 31.7 Å². The van der Waals surface area contributed by atoms with Gasteiger partial charge < -0.3 is 10.2 Å². The number of hydrogen-bond acceptors (Lipinski definition) is 5. The third-order valence-electron chi connectivity index (χ3n) is 3.36. The predicted octanol–water partition coefficient (Wildman–Crippen LogP) is 0.786. The molecule has 2 aliphatic rings. The molecule has 1 aromatic rings. The first kappa shape index (κ1) is 13.8. The van der Waals surface area contributed by atoms with E-state index in [1.54, 1.807) is 24.3 Å². The first-order chi connectivity index (χ1) is 9.63. The Morgan fingerprint density at radius 1 is 1.10 bits per heavy atom. The minimum Gasteiger partial charge on any atom is -0.379 e. The zero-order chi connectivity index (χ0) is 14.0. The molecule has 6 nitrogen and oxygen atoms in total. The molecule has 1 aromatic carbocycles. The first-order valence-electron chi connectivity index (χ1n) is 6.85. The van der Waals surface area contributed by atoms with Crippen LogP contribution in [0.5, 0.6) is 0 Å². The summed E-state index contributed by atoms with van der Waals surface area (Å²) in [6, 6.07) is 6.97. The molecule has 1 aliphatic heterocycles. The quantitative estimate of drug-likeness (QED) is 0.841. The Balaban J connectivity index is 1.64. The van der Waals surface area contributed by atoms with E-state index < -0.39 is 10.0 Å². The first-order valence-corrected chi connectivity index (χ1v) is 8.33. The van der Waals surface area contributed by atoms with Crippen molar-refractivity contribution < 1.29 is 13.2 Å². The summed E-state index contributed by atoms with van der Waals surface area (Å²) in [6.07, 6.45) is 1.88. The summed E-state index contributed by atoms with van der Waals surface area (Å²) in [4.78, 5) is 0.317. The summed E-state index contributed by atoms with van der Waals surface area (Å²) in [5.41, 5.74) is 4.14. The predicted molar refractivity (Wildman–Crippen MR) is 75.8 cm³/mol. The minimum atomic E-state index is -3.36. The molecule has 0 atom stereocenters. The number of hydrogen-bond donors (Lipinski definition) is 2. The van der Waals surface area contributed by atoms with Crippen molar-refractivity contribution in [1.29, 1.82) is 0 Å². The van der Waals surface area contributed by atoms with E-state index in [0.29, 0.717) is 18.1 Å². The van der Waals surface area contributed by atoms with E-state index in [9.17, 15) is 8.42 Å². The molecule has 0 bridgehead atoms. The average Bonchev–Trinajstić information content (AvgIpc) is 3.24. The smallest absolute Gasteiger partial charge is 0.240 e. The van der Waals surface area contributed by atoms with Crippen LogP contribution in [0.2, 0.25) is 0 Å². The summed E-state index contributed by atoms with van der Waals surface area (Å²) in [5, 5.41) is 2.06. The molecular weight excluding hydrogens is 278 g/mol. The summed E-state index contributed by atoms with van der Waals surface area (Å²) >= 11 is 0. The molecule has 0 radical (unpaired) electrons. The molecule has 2 fully saturated rings. The lowest BCUT2D eigenvalue weighted by Gasteiger charge is -2.27. The molecule has 0 unspecified atom stereocenters. The highest BCUT2D eigenvalue weighted by Gasteiger charge is 2.27. The number of morpholine rings is 1. The van der Waals surface area contributed by atoms with Gasteiger partial charge in [-0.1, -0.05) is 0 Å². The van der Waals surface area contributed by atoms with Gasteiger partial charge in [-0.05, 0) is 37.1 Å². The lowest BCUT2D eigenvalue weighted by atomic mass is 10.3. The van der Waals surface area contributed by atoms with Crippen molar-refractivity contribution in [3.63, 3.8) is 0 Å². The van der Waals surface area contributed by atoms with Crippen LogP contribution in [0.4, 0.5) is 5.69 Å². The molecule has 0 aromatic heterocycles. The second-order valence-electron chi connectivity index (χ2n) is 5.13. The van der Waals surface area contributed by atoms with Crippen LogP contribution in [0.15, 0.2) is 29.2 Å². The molecule has 2 N–H and O–H groups in total. The van der Waals surface area contributed by atoms with Gasteiger partial charge in [-0.3, -0.25) is 0 Å². The van der Waals surface area contributed by atoms with Gasteiger partial charge in [0.1, 0.15) is 0 Å². The Kier molecular flexibility index (Phi) is 3.93. The average molecular weight is 297 g/mol. The molecule has 1 saturated carbocycles. The van der Waals surface area contributed by atoms with E-state index in [4.69, 9.17) is 4.74 Å². The van der Waals surface area contributed by atoms with Crippen molar-refractivity contribution in [2.45, 2.75) is 23.8 Å². The van der Waals surface area contributed by atoms with E-state index in [0.717, 1.165) is 31.6 Å². The van der Waals surface area contributed by atoms with Crippen molar-refractivity contribution in [3.05, 3.63) is 24.3 Å². The van der Waals surface area contributed by atoms with Gasteiger partial charge >= 0.3 is 0 Å². The molecule has 0 spiro atoms. The highest BCUT2D eigenvalue weighted by atomic mass is 32.2. The highest BCUT2D eigenvalue weighted by molar-refractivity contribution is 7.89. The normalized spacial score (nSPS) is 20.8. The van der Waals surface area contributed by atoms with Gasteiger partial charge in [0.25, 0.3) is 0 Å². The zero-order valence-corrected chi connectivity index (χ0v) is 12.0. The summed E-state index contributed by atoms with van der Waals surface area (Å²) in [5.74, 6) is 0. The molecule has 3 rings (SSSR count). The molecule has 1 heterocycles. The molecule has 110 valence electrons. The fourth-order valence-corrected chi connectivity index (χ4v) is 3.36. The van der Waals surface area contributed by atoms with Crippen molar-refractivity contribution in [2.24, 2.45) is 0 Å². The Morgan fingerprint density at radius 2 is 1.75 bits per heavy atom. The van der Waals surface area contributed by atoms with Gasteiger partial charge in [-0.25, -0.2) is 18.1 Å². The maximum atomic E-state index is 12.0. The van der Waals surface area contributed by atoms with Crippen LogP contribution < -0.4 is 10.1 Å². The minimum absolute atomic E-state index is 0.131. The zero-order valence-electron chi connectivity index (χ0n) is 11.2. The number of rotatable bonds is 5. The van der Waals surface area contributed by atoms with Crippen LogP contribution in [0.1, 0.15) is 12.8 Å². The number of anilines is 1. The monoisotopic (exact) mass is 297 g/mol. The standard InChI is InChI=1S/C13H19N3O3S/c17-20(18,15-12-1-2-12)13-5-3-11(4-6-13)14-16-7-9-19-10-8-16/h3-6,12,14-15H,1-2,7-10H2. The molecular formula is C13H19N3O3S. The van der Waals surface area contributed by atoms with E-state index in [-0.39, 0.29) is 6.04 Å². The summed E-state index contributed by atoms with van der Waals surface area (Å²) in [7, 11) is -3.36. The number of benzene rings is 1. The van der Waals surface area contributed by atoms with E-state index in [2.05, 4.69) is 15.2 Å². The maximum absolute atomic E-state index is 12.0. The third kappa shape index (κ3) is 3.49. The van der Waals surface area contributed by atoms with E-state index in [1.807, 2.05) is 0 Å². The van der Waals surface area contributed by atoms with Gasteiger partial charge in [0, 0.05) is 24.8 Å². The van der Waals surface area contributed by atoms with Crippen molar-refractivity contribution in [1.82, 2.24) is 9.73 Å². The Morgan fingerprint density at radius 3 is 2.35 bits per heavy atom. The van der Waals surface area contributed by atoms with Crippen LogP contribution in [0, 0.1) is 0 Å². The van der Waals surface area contributed by atoms with Crippen LogP contribution >= 0.6 is 0 Å². The molecule has 1 saturated heterocycles. The topological polar surface area (TPSA) is 70.7 Å². The number of hydrazine groups is 1. The lowest BCUT2D eigenvalue weighted by Crippen LogP contribution is -2.40. The van der Waals surface area contributed by atoms with E-state index in [1.165, 1.54) is 0 Å². The molecule has 1 aliphatic carbocycles. The maximum Gasteiger partial charge on any atom is 0.240 e. The van der Waals surface area contributed by atoms with Gasteiger partial charge in [0.05, 0.1) is 18.1 Å². The fraction of sp³-hybridized carbons (Fsp3) is 0.538. The molecule has 20 heavy (non-hydrogen) atoms. The lowest BCUT2D eigenvalue weighted by molar-refractivity contribution is 0.0497. The van der Waals surface area contributed by atoms with Crippen LogP contribution in [0.3, 0.4) is 0 Å². The number of ether oxygens (including phenoxy) is 1. The number of nitrogens with one attached hydrogen (secondary N) is 2. The number of nitrogens with zero attached hydrogens (tertiary/aromatic N) is 1. The Bertz CT molecular complexity index is 549. The highest BCUT2D eigenvalue weighted by Crippen LogP contribution is 2.22. The van der Waals surface area contributed by atoms with Gasteiger partial charge in [0.2, 0.25) is 10.0 Å². The van der Waals surface area contributed by atoms with Gasteiger partial charge in [-0.15, -0.1) is 0 Å². The second-order valence-corrected chi connectivity index (χ2v) is 6.85. The van der Waals surface area contributed by atoms with Crippen LogP contribution in [-0.4, -0.2) is 45.8 Å². The third-order valence-corrected chi connectivity index (χ3v) is 4.90. The molecule has 7 heteroatoms. The second kappa shape index (κ2) is 5.69. The van der Waals surface area contributed by atoms with Crippen molar-refractivity contribution >= 4 is 15.7 Å².